The molecule has 0 radical (unpaired) electrons. The predicted octanol–water partition coefficient (Wildman–Crippen LogP) is 3.87. The summed E-state index contributed by atoms with van der Waals surface area (Å²) in [5.41, 5.74) is 3.19. The number of hydrogen-bond acceptors (Lipinski definition) is 2. The third-order valence-corrected chi connectivity index (χ3v) is 3.92. The van der Waals surface area contributed by atoms with E-state index in [9.17, 15) is 9.18 Å². The molecule has 2 aromatic rings. The third-order valence-electron chi connectivity index (χ3n) is 3.27. The molecule has 0 aliphatic rings. The molecule has 0 aromatic heterocycles. The molecule has 2 aromatic carbocycles. The number of nitrogens with one attached hydrogen (secondary N) is 2. The molecule has 110 valence electrons. The van der Waals surface area contributed by atoms with E-state index >= 15 is 0 Å². The molecular weight excluding hydrogens is 335 g/mol. The van der Waals surface area contributed by atoms with Crippen molar-refractivity contribution in [3.63, 3.8) is 0 Å². The van der Waals surface area contributed by atoms with Crippen molar-refractivity contribution in [3.8, 4) is 0 Å². The molecular formula is C16H16BrFN2O. The van der Waals surface area contributed by atoms with E-state index in [0.29, 0.717) is 16.6 Å². The Morgan fingerprint density at radius 3 is 2.71 bits per heavy atom. The van der Waals surface area contributed by atoms with Gasteiger partial charge in [-0.05, 0) is 58.2 Å². The predicted molar refractivity (Wildman–Crippen MR) is 86.0 cm³/mol. The Balaban J connectivity index is 2.16. The fraction of sp³-hybridized carbons (Fsp3) is 0.188. The highest BCUT2D eigenvalue weighted by Crippen LogP contribution is 2.21. The van der Waals surface area contributed by atoms with Gasteiger partial charge in [-0.1, -0.05) is 12.1 Å². The SMILES string of the molecule is CNC(=O)c1cccc(NCc2ccc(Br)c(F)c2)c1C. The van der Waals surface area contributed by atoms with Crippen molar-refractivity contribution in [2.75, 3.05) is 12.4 Å². The van der Waals surface area contributed by atoms with Gasteiger partial charge >= 0.3 is 0 Å². The zero-order chi connectivity index (χ0) is 15.4. The molecule has 0 saturated heterocycles. The van der Waals surface area contributed by atoms with Crippen LogP contribution >= 0.6 is 15.9 Å². The highest BCUT2D eigenvalue weighted by Gasteiger charge is 2.10. The van der Waals surface area contributed by atoms with Crippen LogP contribution in [0.3, 0.4) is 0 Å². The van der Waals surface area contributed by atoms with Crippen LogP contribution < -0.4 is 10.6 Å². The summed E-state index contributed by atoms with van der Waals surface area (Å²) in [6.07, 6.45) is 0. The van der Waals surface area contributed by atoms with Gasteiger partial charge in [0.1, 0.15) is 5.82 Å². The van der Waals surface area contributed by atoms with Crippen LogP contribution in [-0.2, 0) is 6.54 Å². The number of rotatable bonds is 4. The number of carbonyl (C=O) groups is 1. The highest BCUT2D eigenvalue weighted by molar-refractivity contribution is 9.10. The molecule has 0 heterocycles. The second-order valence-corrected chi connectivity index (χ2v) is 5.51. The molecule has 0 aliphatic carbocycles. The lowest BCUT2D eigenvalue weighted by molar-refractivity contribution is 0.0962. The molecule has 0 fully saturated rings. The lowest BCUT2D eigenvalue weighted by Gasteiger charge is -2.13. The van der Waals surface area contributed by atoms with Crippen LogP contribution in [0, 0.1) is 12.7 Å². The summed E-state index contributed by atoms with van der Waals surface area (Å²) < 4.78 is 13.9. The molecule has 0 unspecified atom stereocenters. The minimum Gasteiger partial charge on any atom is -0.381 e. The van der Waals surface area contributed by atoms with Gasteiger partial charge in [-0.25, -0.2) is 4.39 Å². The minimum atomic E-state index is -0.287. The average Bonchev–Trinajstić information content (AvgIpc) is 2.49. The van der Waals surface area contributed by atoms with Gasteiger partial charge in [0.15, 0.2) is 0 Å². The fourth-order valence-electron chi connectivity index (χ4n) is 2.05. The van der Waals surface area contributed by atoms with Gasteiger partial charge in [0.2, 0.25) is 0 Å². The maximum atomic E-state index is 13.5. The van der Waals surface area contributed by atoms with Crippen molar-refractivity contribution >= 4 is 27.5 Å². The zero-order valence-electron chi connectivity index (χ0n) is 11.8. The summed E-state index contributed by atoms with van der Waals surface area (Å²) >= 11 is 3.13. The maximum Gasteiger partial charge on any atom is 0.251 e. The average molecular weight is 351 g/mol. The quantitative estimate of drug-likeness (QED) is 0.878. The highest BCUT2D eigenvalue weighted by atomic mass is 79.9. The zero-order valence-corrected chi connectivity index (χ0v) is 13.4. The van der Waals surface area contributed by atoms with Crippen molar-refractivity contribution in [1.82, 2.24) is 5.32 Å². The first-order valence-electron chi connectivity index (χ1n) is 6.52. The number of halogens is 2. The number of anilines is 1. The first kappa shape index (κ1) is 15.5. The molecule has 0 atom stereocenters. The Morgan fingerprint density at radius 2 is 2.05 bits per heavy atom. The van der Waals surface area contributed by atoms with Gasteiger partial charge in [0, 0.05) is 24.8 Å². The van der Waals surface area contributed by atoms with Gasteiger partial charge in [0.05, 0.1) is 4.47 Å². The minimum absolute atomic E-state index is 0.120. The van der Waals surface area contributed by atoms with Gasteiger partial charge in [0.25, 0.3) is 5.91 Å². The molecule has 5 heteroatoms. The van der Waals surface area contributed by atoms with E-state index in [2.05, 4.69) is 26.6 Å². The largest absolute Gasteiger partial charge is 0.381 e. The van der Waals surface area contributed by atoms with E-state index in [-0.39, 0.29) is 11.7 Å². The molecule has 0 saturated carbocycles. The summed E-state index contributed by atoms with van der Waals surface area (Å²) in [6, 6.07) is 10.5. The third kappa shape index (κ3) is 3.61. The molecule has 3 nitrogen and oxygen atoms in total. The van der Waals surface area contributed by atoms with Crippen LogP contribution in [0.15, 0.2) is 40.9 Å². The Bertz CT molecular complexity index is 673. The second kappa shape index (κ2) is 6.72. The van der Waals surface area contributed by atoms with E-state index in [1.165, 1.54) is 6.07 Å². The lowest BCUT2D eigenvalue weighted by atomic mass is 10.1. The molecule has 21 heavy (non-hydrogen) atoms. The fourth-order valence-corrected chi connectivity index (χ4v) is 2.30. The van der Waals surface area contributed by atoms with E-state index in [1.807, 2.05) is 25.1 Å². The molecule has 0 aliphatic heterocycles. The van der Waals surface area contributed by atoms with E-state index in [1.54, 1.807) is 19.2 Å². The normalized spacial score (nSPS) is 10.3. The number of benzene rings is 2. The lowest BCUT2D eigenvalue weighted by Crippen LogP contribution is -2.19. The van der Waals surface area contributed by atoms with E-state index < -0.39 is 0 Å². The number of amides is 1. The first-order chi connectivity index (χ1) is 10.0. The summed E-state index contributed by atoms with van der Waals surface area (Å²) in [5, 5.41) is 5.85. The van der Waals surface area contributed by atoms with Crippen LogP contribution in [0.1, 0.15) is 21.5 Å². The van der Waals surface area contributed by atoms with Gasteiger partial charge in [-0.2, -0.15) is 0 Å². The Hall–Kier alpha value is -1.88. The van der Waals surface area contributed by atoms with Crippen LogP contribution in [0.4, 0.5) is 10.1 Å². The number of hydrogen-bond donors (Lipinski definition) is 2. The van der Waals surface area contributed by atoms with Crippen molar-refractivity contribution in [2.45, 2.75) is 13.5 Å². The molecule has 1 amide bonds. The van der Waals surface area contributed by atoms with Crippen molar-refractivity contribution in [3.05, 3.63) is 63.4 Å². The van der Waals surface area contributed by atoms with Crippen LogP contribution in [0.2, 0.25) is 0 Å². The summed E-state index contributed by atoms with van der Waals surface area (Å²) in [7, 11) is 1.60. The van der Waals surface area contributed by atoms with Gasteiger partial charge in [-0.3, -0.25) is 4.79 Å². The molecule has 0 spiro atoms. The van der Waals surface area contributed by atoms with Gasteiger partial charge < -0.3 is 10.6 Å². The smallest absolute Gasteiger partial charge is 0.251 e. The first-order valence-corrected chi connectivity index (χ1v) is 7.31. The topological polar surface area (TPSA) is 41.1 Å². The molecule has 0 bridgehead atoms. The summed E-state index contributed by atoms with van der Waals surface area (Å²) in [4.78, 5) is 11.7. The molecule has 2 N–H and O–H groups in total. The molecule has 2 rings (SSSR count). The standard InChI is InChI=1S/C16H16BrFN2O/c1-10-12(16(21)19-2)4-3-5-15(10)20-9-11-6-7-13(17)14(18)8-11/h3-8,20H,9H2,1-2H3,(H,19,21). The van der Waals surface area contributed by atoms with Crippen LogP contribution in [-0.4, -0.2) is 13.0 Å². The Morgan fingerprint density at radius 1 is 1.29 bits per heavy atom. The Kier molecular flexibility index (Phi) is 4.96. The summed E-state index contributed by atoms with van der Waals surface area (Å²) in [5.74, 6) is -0.407. The number of carbonyl (C=O) groups excluding carboxylic acids is 1. The van der Waals surface area contributed by atoms with Crippen LogP contribution in [0.5, 0.6) is 0 Å². The second-order valence-electron chi connectivity index (χ2n) is 4.66. The maximum absolute atomic E-state index is 13.5. The monoisotopic (exact) mass is 350 g/mol. The van der Waals surface area contributed by atoms with Gasteiger partial charge in [-0.15, -0.1) is 0 Å². The van der Waals surface area contributed by atoms with Crippen LogP contribution in [0.25, 0.3) is 0 Å². The van der Waals surface area contributed by atoms with E-state index in [4.69, 9.17) is 0 Å². The van der Waals surface area contributed by atoms with Crippen molar-refractivity contribution < 1.29 is 9.18 Å². The summed E-state index contributed by atoms with van der Waals surface area (Å²) in [6.45, 7) is 2.37. The van der Waals surface area contributed by atoms with Crippen molar-refractivity contribution in [2.24, 2.45) is 0 Å². The van der Waals surface area contributed by atoms with E-state index in [0.717, 1.165) is 16.8 Å². The Labute approximate surface area is 131 Å². The van der Waals surface area contributed by atoms with Crippen molar-refractivity contribution in [1.29, 1.82) is 0 Å².